The van der Waals surface area contributed by atoms with Crippen LogP contribution in [0.3, 0.4) is 0 Å². The van der Waals surface area contributed by atoms with Gasteiger partial charge in [-0.3, -0.25) is 0 Å². The van der Waals surface area contributed by atoms with E-state index in [2.05, 4.69) is 23.9 Å². The minimum Gasteiger partial charge on any atom is -0.495 e. The quantitative estimate of drug-likeness (QED) is 0.857. The van der Waals surface area contributed by atoms with E-state index in [-0.39, 0.29) is 0 Å². The first-order chi connectivity index (χ1) is 8.61. The van der Waals surface area contributed by atoms with Crippen LogP contribution in [0.5, 0.6) is 5.75 Å². The molecule has 2 aromatic rings. The highest BCUT2D eigenvalue weighted by Crippen LogP contribution is 2.35. The average molecular weight is 265 g/mol. The fraction of sp³-hybridized carbons (Fsp3) is 0.429. The van der Waals surface area contributed by atoms with Gasteiger partial charge in [0.1, 0.15) is 5.75 Å². The van der Waals surface area contributed by atoms with E-state index in [0.29, 0.717) is 11.1 Å². The Morgan fingerprint density at radius 2 is 2.22 bits per heavy atom. The van der Waals surface area contributed by atoms with Crippen LogP contribution in [-0.4, -0.2) is 17.7 Å². The van der Waals surface area contributed by atoms with Gasteiger partial charge in [0.15, 0.2) is 0 Å². The zero-order chi connectivity index (χ0) is 12.9. The summed E-state index contributed by atoms with van der Waals surface area (Å²) in [6, 6.07) is 4.57. The molecule has 3 rings (SSSR count). The molecule has 0 bridgehead atoms. The van der Waals surface area contributed by atoms with Crippen molar-refractivity contribution in [2.45, 2.75) is 25.9 Å². The van der Waals surface area contributed by atoms with Crippen molar-refractivity contribution in [2.75, 3.05) is 7.11 Å². The SMILES string of the molecule is COc1cc2c3c(n(C)c2cc1Cl)CC(C)NC3. The lowest BCUT2D eigenvalue weighted by molar-refractivity contribution is 0.415. The van der Waals surface area contributed by atoms with Crippen molar-refractivity contribution in [3.63, 3.8) is 0 Å². The van der Waals surface area contributed by atoms with Crippen LogP contribution in [-0.2, 0) is 20.0 Å². The number of methoxy groups -OCH3 is 1. The van der Waals surface area contributed by atoms with Gasteiger partial charge in [-0.15, -0.1) is 0 Å². The van der Waals surface area contributed by atoms with Gasteiger partial charge in [0, 0.05) is 37.1 Å². The zero-order valence-electron chi connectivity index (χ0n) is 10.9. The molecule has 0 saturated carbocycles. The Morgan fingerprint density at radius 3 is 2.94 bits per heavy atom. The first kappa shape index (κ1) is 11.9. The van der Waals surface area contributed by atoms with Crippen LogP contribution in [0.2, 0.25) is 5.02 Å². The molecule has 1 aromatic heterocycles. The number of aromatic nitrogens is 1. The fourth-order valence-electron chi connectivity index (χ4n) is 2.82. The number of aryl methyl sites for hydroxylation is 1. The Labute approximate surface area is 112 Å². The topological polar surface area (TPSA) is 26.2 Å². The molecular formula is C14H17ClN2O. The summed E-state index contributed by atoms with van der Waals surface area (Å²) < 4.78 is 7.57. The molecule has 96 valence electrons. The highest BCUT2D eigenvalue weighted by molar-refractivity contribution is 6.32. The van der Waals surface area contributed by atoms with Crippen molar-refractivity contribution < 1.29 is 4.74 Å². The first-order valence-corrected chi connectivity index (χ1v) is 6.56. The van der Waals surface area contributed by atoms with E-state index in [0.717, 1.165) is 18.7 Å². The van der Waals surface area contributed by atoms with Crippen molar-refractivity contribution in [3.05, 3.63) is 28.4 Å². The minimum absolute atomic E-state index is 0.526. The van der Waals surface area contributed by atoms with E-state index >= 15 is 0 Å². The maximum absolute atomic E-state index is 6.21. The third-order valence-corrected chi connectivity index (χ3v) is 4.13. The molecule has 0 spiro atoms. The summed E-state index contributed by atoms with van der Waals surface area (Å²) in [5.74, 6) is 0.746. The number of nitrogens with one attached hydrogen (secondary N) is 1. The molecule has 18 heavy (non-hydrogen) atoms. The number of nitrogens with zero attached hydrogens (tertiary/aromatic N) is 1. The molecule has 0 saturated heterocycles. The summed E-state index contributed by atoms with van der Waals surface area (Å²) in [7, 11) is 3.77. The lowest BCUT2D eigenvalue weighted by Crippen LogP contribution is -2.33. The van der Waals surface area contributed by atoms with Gasteiger partial charge in [-0.25, -0.2) is 0 Å². The molecule has 1 unspecified atom stereocenters. The lowest BCUT2D eigenvalue weighted by atomic mass is 10.0. The van der Waals surface area contributed by atoms with E-state index in [1.807, 2.05) is 12.1 Å². The van der Waals surface area contributed by atoms with Gasteiger partial charge >= 0.3 is 0 Å². The first-order valence-electron chi connectivity index (χ1n) is 6.19. The average Bonchev–Trinajstić information content (AvgIpc) is 2.62. The van der Waals surface area contributed by atoms with E-state index < -0.39 is 0 Å². The Balaban J connectivity index is 2.30. The van der Waals surface area contributed by atoms with Gasteiger partial charge in [0.25, 0.3) is 0 Å². The fourth-order valence-corrected chi connectivity index (χ4v) is 3.05. The van der Waals surface area contributed by atoms with Crippen molar-refractivity contribution in [3.8, 4) is 5.75 Å². The summed E-state index contributed by atoms with van der Waals surface area (Å²) in [5.41, 5.74) is 3.96. The van der Waals surface area contributed by atoms with Crippen LogP contribution >= 0.6 is 11.6 Å². The van der Waals surface area contributed by atoms with Crippen LogP contribution in [0, 0.1) is 0 Å². The smallest absolute Gasteiger partial charge is 0.138 e. The van der Waals surface area contributed by atoms with E-state index in [1.54, 1.807) is 7.11 Å². The van der Waals surface area contributed by atoms with Gasteiger partial charge in [-0.2, -0.15) is 0 Å². The Bertz CT molecular complexity index is 618. The summed E-state index contributed by atoms with van der Waals surface area (Å²) in [6.45, 7) is 3.13. The van der Waals surface area contributed by atoms with Gasteiger partial charge in [-0.1, -0.05) is 11.6 Å². The number of hydrogen-bond acceptors (Lipinski definition) is 2. The summed E-state index contributed by atoms with van der Waals surface area (Å²) in [4.78, 5) is 0. The monoisotopic (exact) mass is 264 g/mol. The van der Waals surface area contributed by atoms with E-state index in [4.69, 9.17) is 16.3 Å². The largest absolute Gasteiger partial charge is 0.495 e. The third-order valence-electron chi connectivity index (χ3n) is 3.84. The number of fused-ring (bicyclic) bond motifs is 3. The number of benzene rings is 1. The minimum atomic E-state index is 0.526. The second-order valence-electron chi connectivity index (χ2n) is 4.97. The Morgan fingerprint density at radius 1 is 1.44 bits per heavy atom. The second kappa shape index (κ2) is 4.18. The van der Waals surface area contributed by atoms with Crippen LogP contribution in [0.25, 0.3) is 10.9 Å². The molecule has 1 atom stereocenters. The van der Waals surface area contributed by atoms with Crippen LogP contribution in [0.1, 0.15) is 18.2 Å². The third kappa shape index (κ3) is 1.62. The molecule has 4 heteroatoms. The number of halogens is 1. The van der Waals surface area contributed by atoms with Crippen molar-refractivity contribution in [1.82, 2.24) is 9.88 Å². The highest BCUT2D eigenvalue weighted by Gasteiger charge is 2.22. The highest BCUT2D eigenvalue weighted by atomic mass is 35.5. The van der Waals surface area contributed by atoms with Gasteiger partial charge in [0.05, 0.1) is 17.6 Å². The molecule has 3 nitrogen and oxygen atoms in total. The van der Waals surface area contributed by atoms with Crippen LogP contribution < -0.4 is 10.1 Å². The summed E-state index contributed by atoms with van der Waals surface area (Å²) >= 11 is 6.21. The lowest BCUT2D eigenvalue weighted by Gasteiger charge is -2.21. The molecule has 0 aliphatic carbocycles. The van der Waals surface area contributed by atoms with Crippen molar-refractivity contribution in [1.29, 1.82) is 0 Å². The molecule has 0 amide bonds. The van der Waals surface area contributed by atoms with E-state index in [9.17, 15) is 0 Å². The predicted molar refractivity (Wildman–Crippen MR) is 74.5 cm³/mol. The van der Waals surface area contributed by atoms with Gasteiger partial charge in [0.2, 0.25) is 0 Å². The zero-order valence-corrected chi connectivity index (χ0v) is 11.6. The standard InChI is InChI=1S/C14H17ClN2O/c1-8-4-12-10(7-16-8)9-5-14(18-3)11(15)6-13(9)17(12)2/h5-6,8,16H,4,7H2,1-3H3. The maximum atomic E-state index is 6.21. The molecule has 0 fully saturated rings. The van der Waals surface area contributed by atoms with Gasteiger partial charge in [-0.05, 0) is 24.6 Å². The van der Waals surface area contributed by atoms with Crippen LogP contribution in [0.4, 0.5) is 0 Å². The molecule has 1 aliphatic rings. The predicted octanol–water partition coefficient (Wildman–Crippen LogP) is 2.87. The second-order valence-corrected chi connectivity index (χ2v) is 5.38. The molecule has 2 heterocycles. The maximum Gasteiger partial charge on any atom is 0.138 e. The summed E-state index contributed by atoms with van der Waals surface area (Å²) in [5, 5.41) is 5.42. The van der Waals surface area contributed by atoms with E-state index in [1.165, 1.54) is 22.2 Å². The number of rotatable bonds is 1. The molecule has 0 radical (unpaired) electrons. The Kier molecular flexibility index (Phi) is 2.76. The molecule has 1 aliphatic heterocycles. The molecular weight excluding hydrogens is 248 g/mol. The molecule has 1 aromatic carbocycles. The number of hydrogen-bond donors (Lipinski definition) is 1. The van der Waals surface area contributed by atoms with Gasteiger partial charge < -0.3 is 14.6 Å². The molecule has 1 N–H and O–H groups in total. The summed E-state index contributed by atoms with van der Waals surface area (Å²) in [6.07, 6.45) is 1.06. The van der Waals surface area contributed by atoms with Crippen molar-refractivity contribution >= 4 is 22.5 Å². The normalized spacial score (nSPS) is 19.0. The Hall–Kier alpha value is -1.19. The van der Waals surface area contributed by atoms with Crippen molar-refractivity contribution in [2.24, 2.45) is 7.05 Å². The number of ether oxygens (including phenoxy) is 1. The van der Waals surface area contributed by atoms with Crippen LogP contribution in [0.15, 0.2) is 12.1 Å².